The molecular formula is C23H22N2O6S2. The molecule has 8 nitrogen and oxygen atoms in total. The van der Waals surface area contributed by atoms with Gasteiger partial charge in [-0.3, -0.25) is 14.4 Å². The number of rotatable bonds is 8. The van der Waals surface area contributed by atoms with Gasteiger partial charge >= 0.3 is 5.97 Å². The van der Waals surface area contributed by atoms with Crippen LogP contribution in [0.25, 0.3) is 0 Å². The van der Waals surface area contributed by atoms with E-state index >= 15 is 0 Å². The molecule has 3 aromatic rings. The molecule has 0 atom stereocenters. The van der Waals surface area contributed by atoms with Gasteiger partial charge in [0, 0.05) is 28.4 Å². The lowest BCUT2D eigenvalue weighted by Gasteiger charge is -2.14. The van der Waals surface area contributed by atoms with Gasteiger partial charge in [0.1, 0.15) is 11.4 Å². The van der Waals surface area contributed by atoms with Crippen molar-refractivity contribution in [3.05, 3.63) is 75.2 Å². The minimum Gasteiger partial charge on any atom is -0.456 e. The molecule has 10 heteroatoms. The third-order valence-corrected chi connectivity index (χ3v) is 8.31. The van der Waals surface area contributed by atoms with Gasteiger partial charge in [0.05, 0.1) is 5.56 Å². The summed E-state index contributed by atoms with van der Waals surface area (Å²) in [6, 6.07) is 11.6. The van der Waals surface area contributed by atoms with Gasteiger partial charge in [-0.05, 0) is 49.9 Å². The van der Waals surface area contributed by atoms with Crippen LogP contribution in [0.5, 0.6) is 0 Å². The fourth-order valence-corrected chi connectivity index (χ4v) is 6.09. The summed E-state index contributed by atoms with van der Waals surface area (Å²) in [6.45, 7) is 3.14. The smallest absolute Gasteiger partial charge is 0.327 e. The zero-order valence-electron chi connectivity index (χ0n) is 18.1. The van der Waals surface area contributed by atoms with Crippen LogP contribution in [-0.4, -0.2) is 48.1 Å². The standard InChI is InChI=1S/C23H22N2O6S2/c1-15-12-19(16(2)24(15)10-9-17-6-5-11-32-17)20(26)14-31-22(27)13-25-23(28)18-7-3-4-8-21(18)33(25,29)30/h3-8,11-12H,9-10,13-14H2,1-2H3. The van der Waals surface area contributed by atoms with Crippen LogP contribution < -0.4 is 0 Å². The number of amides is 1. The topological polar surface area (TPSA) is 103 Å². The minimum absolute atomic E-state index is 0.0105. The van der Waals surface area contributed by atoms with Crippen molar-refractivity contribution in [1.82, 2.24) is 8.87 Å². The highest BCUT2D eigenvalue weighted by Gasteiger charge is 2.42. The van der Waals surface area contributed by atoms with Crippen LogP contribution in [0.2, 0.25) is 0 Å². The fraction of sp³-hybridized carbons (Fsp3) is 0.261. The Hall–Kier alpha value is -3.24. The van der Waals surface area contributed by atoms with Gasteiger partial charge in [-0.25, -0.2) is 12.7 Å². The van der Waals surface area contributed by atoms with Crippen LogP contribution in [0.1, 0.15) is 37.0 Å². The molecule has 0 spiro atoms. The summed E-state index contributed by atoms with van der Waals surface area (Å²) in [4.78, 5) is 38.5. The Balaban J connectivity index is 1.38. The summed E-state index contributed by atoms with van der Waals surface area (Å²) < 4.78 is 32.6. The second-order valence-electron chi connectivity index (χ2n) is 7.66. The van der Waals surface area contributed by atoms with E-state index in [2.05, 4.69) is 6.07 Å². The van der Waals surface area contributed by atoms with Crippen molar-refractivity contribution in [2.45, 2.75) is 31.7 Å². The monoisotopic (exact) mass is 486 g/mol. The number of hydrogen-bond acceptors (Lipinski definition) is 7. The molecule has 0 unspecified atom stereocenters. The SMILES string of the molecule is Cc1cc(C(=O)COC(=O)CN2C(=O)c3ccccc3S2(=O)=O)c(C)n1CCc1cccs1. The average molecular weight is 487 g/mol. The number of ether oxygens (including phenoxy) is 1. The first-order valence-electron chi connectivity index (χ1n) is 10.2. The molecule has 4 rings (SSSR count). The Morgan fingerprint density at radius 3 is 2.55 bits per heavy atom. The molecule has 0 bridgehead atoms. The van der Waals surface area contributed by atoms with E-state index in [-0.39, 0.29) is 10.5 Å². The molecule has 3 heterocycles. The van der Waals surface area contributed by atoms with E-state index in [9.17, 15) is 22.8 Å². The molecule has 1 aliphatic heterocycles. The van der Waals surface area contributed by atoms with E-state index in [4.69, 9.17) is 4.74 Å². The largest absolute Gasteiger partial charge is 0.456 e. The summed E-state index contributed by atoms with van der Waals surface area (Å²) in [5.41, 5.74) is 2.16. The van der Waals surface area contributed by atoms with Gasteiger partial charge in [-0.2, -0.15) is 0 Å². The Morgan fingerprint density at radius 2 is 1.85 bits per heavy atom. The van der Waals surface area contributed by atoms with Gasteiger partial charge in [0.2, 0.25) is 5.78 Å². The first-order chi connectivity index (χ1) is 15.7. The summed E-state index contributed by atoms with van der Waals surface area (Å²) in [5, 5.41) is 2.02. The number of aromatic nitrogens is 1. The van der Waals surface area contributed by atoms with Crippen molar-refractivity contribution in [2.24, 2.45) is 0 Å². The number of esters is 1. The van der Waals surface area contributed by atoms with Gasteiger partial charge in [-0.15, -0.1) is 11.3 Å². The lowest BCUT2D eigenvalue weighted by atomic mass is 10.1. The van der Waals surface area contributed by atoms with Crippen LogP contribution in [0.15, 0.2) is 52.7 Å². The fourth-order valence-electron chi connectivity index (χ4n) is 3.88. The number of benzene rings is 1. The molecule has 2 aromatic heterocycles. The van der Waals surface area contributed by atoms with E-state index in [1.165, 1.54) is 23.1 Å². The maximum atomic E-state index is 12.7. The van der Waals surface area contributed by atoms with Crippen molar-refractivity contribution in [3.8, 4) is 0 Å². The lowest BCUT2D eigenvalue weighted by Crippen LogP contribution is -2.36. The number of hydrogen-bond donors (Lipinski definition) is 0. The predicted octanol–water partition coefficient (Wildman–Crippen LogP) is 2.98. The Kier molecular flexibility index (Phi) is 6.22. The molecule has 0 aliphatic carbocycles. The van der Waals surface area contributed by atoms with Gasteiger partial charge in [0.15, 0.2) is 6.61 Å². The summed E-state index contributed by atoms with van der Waals surface area (Å²) in [7, 11) is -4.12. The number of carbonyl (C=O) groups excluding carboxylic acids is 3. The molecule has 0 saturated heterocycles. The molecule has 1 aliphatic rings. The van der Waals surface area contributed by atoms with Crippen LogP contribution in [0.4, 0.5) is 0 Å². The predicted molar refractivity (Wildman–Crippen MR) is 122 cm³/mol. The Morgan fingerprint density at radius 1 is 1.09 bits per heavy atom. The number of ketones is 1. The van der Waals surface area contributed by atoms with Crippen molar-refractivity contribution < 1.29 is 27.5 Å². The van der Waals surface area contributed by atoms with Crippen LogP contribution in [0.3, 0.4) is 0 Å². The highest BCUT2D eigenvalue weighted by molar-refractivity contribution is 7.90. The molecule has 0 radical (unpaired) electrons. The first kappa shape index (κ1) is 22.9. The highest BCUT2D eigenvalue weighted by atomic mass is 32.2. The minimum atomic E-state index is -4.12. The van der Waals surface area contributed by atoms with E-state index in [1.54, 1.807) is 23.5 Å². The lowest BCUT2D eigenvalue weighted by molar-refractivity contribution is -0.142. The number of sulfonamides is 1. The maximum absolute atomic E-state index is 12.7. The van der Waals surface area contributed by atoms with Gasteiger partial charge in [0.25, 0.3) is 15.9 Å². The number of nitrogens with zero attached hydrogens (tertiary/aromatic N) is 2. The number of Topliss-reactive ketones (excluding diaryl/α,β-unsaturated/α-hetero) is 1. The average Bonchev–Trinajstić information content (AvgIpc) is 3.45. The molecule has 0 saturated carbocycles. The van der Waals surface area contributed by atoms with Crippen molar-refractivity contribution in [2.75, 3.05) is 13.2 Å². The molecule has 33 heavy (non-hydrogen) atoms. The van der Waals surface area contributed by atoms with Crippen molar-refractivity contribution >= 4 is 39.0 Å². The van der Waals surface area contributed by atoms with E-state index < -0.39 is 40.8 Å². The normalized spacial score (nSPS) is 14.4. The Bertz CT molecular complexity index is 1340. The Labute approximate surface area is 195 Å². The number of aryl methyl sites for hydroxylation is 2. The van der Waals surface area contributed by atoms with Crippen LogP contribution in [0, 0.1) is 13.8 Å². The number of carbonyl (C=O) groups is 3. The summed E-state index contributed by atoms with van der Waals surface area (Å²) in [5.74, 6) is -2.15. The highest BCUT2D eigenvalue weighted by Crippen LogP contribution is 2.29. The molecule has 1 amide bonds. The maximum Gasteiger partial charge on any atom is 0.327 e. The van der Waals surface area contributed by atoms with Gasteiger partial charge in [-0.1, -0.05) is 18.2 Å². The zero-order valence-corrected chi connectivity index (χ0v) is 19.7. The molecule has 0 fully saturated rings. The third-order valence-electron chi connectivity index (χ3n) is 5.58. The zero-order chi connectivity index (χ0) is 23.8. The molecule has 1 aromatic carbocycles. The molecular weight excluding hydrogens is 464 g/mol. The second kappa shape index (κ2) is 8.95. The van der Waals surface area contributed by atoms with E-state index in [0.29, 0.717) is 9.87 Å². The quantitative estimate of drug-likeness (QED) is 0.358. The summed E-state index contributed by atoms with van der Waals surface area (Å²) >= 11 is 1.68. The molecule has 172 valence electrons. The first-order valence-corrected chi connectivity index (χ1v) is 12.6. The van der Waals surface area contributed by atoms with Crippen LogP contribution in [-0.2, 0) is 32.5 Å². The molecule has 0 N–H and O–H groups in total. The van der Waals surface area contributed by atoms with Gasteiger partial charge < -0.3 is 9.30 Å². The van der Waals surface area contributed by atoms with Crippen LogP contribution >= 0.6 is 11.3 Å². The van der Waals surface area contributed by atoms with Crippen molar-refractivity contribution in [3.63, 3.8) is 0 Å². The van der Waals surface area contributed by atoms with Crippen molar-refractivity contribution in [1.29, 1.82) is 0 Å². The number of thiophene rings is 1. The van der Waals surface area contributed by atoms with E-state index in [0.717, 1.165) is 24.4 Å². The second-order valence-corrected chi connectivity index (χ2v) is 10.5. The van der Waals surface area contributed by atoms with E-state index in [1.807, 2.05) is 29.9 Å². The number of fused-ring (bicyclic) bond motifs is 1. The summed E-state index contributed by atoms with van der Waals surface area (Å²) in [6.07, 6.45) is 0.845. The third kappa shape index (κ3) is 4.36.